The van der Waals surface area contributed by atoms with Gasteiger partial charge in [-0.2, -0.15) is 13.2 Å². The van der Waals surface area contributed by atoms with Gasteiger partial charge in [-0.25, -0.2) is 4.79 Å². The first-order valence-electron chi connectivity index (χ1n) is 5.84. The lowest BCUT2D eigenvalue weighted by molar-refractivity contribution is -0.138. The Morgan fingerprint density at radius 2 is 2.05 bits per heavy atom. The van der Waals surface area contributed by atoms with Gasteiger partial charge in [0.2, 0.25) is 0 Å². The van der Waals surface area contributed by atoms with Gasteiger partial charge in [-0.1, -0.05) is 13.0 Å². The van der Waals surface area contributed by atoms with Crippen molar-refractivity contribution in [2.45, 2.75) is 26.1 Å². The molecule has 1 heterocycles. The Balaban J connectivity index is 3.06. The molecule has 4 nitrogen and oxygen atoms in total. The van der Waals surface area contributed by atoms with Crippen LogP contribution in [0, 0.1) is 0 Å². The fraction of sp³-hybridized carbons (Fsp3) is 0.385. The van der Waals surface area contributed by atoms with Crippen LogP contribution in [0.15, 0.2) is 34.8 Å². The number of esters is 1. The largest absolute Gasteiger partial charge is 0.466 e. The highest BCUT2D eigenvalue weighted by molar-refractivity contribution is 5.88. The van der Waals surface area contributed by atoms with Gasteiger partial charge >= 0.3 is 12.1 Å². The number of nitrogens with zero attached hydrogens (tertiary/aromatic N) is 1. The van der Waals surface area contributed by atoms with Crippen LogP contribution in [0.3, 0.4) is 0 Å². The normalized spacial score (nSPS) is 12.3. The number of allylic oxidation sites excluding steroid dienone is 1. The molecule has 0 aliphatic carbocycles. The zero-order chi connectivity index (χ0) is 15.3. The number of carbonyl (C=O) groups is 1. The van der Waals surface area contributed by atoms with Crippen molar-refractivity contribution in [1.82, 2.24) is 4.57 Å². The predicted molar refractivity (Wildman–Crippen MR) is 66.1 cm³/mol. The fourth-order valence-electron chi connectivity index (χ4n) is 1.55. The van der Waals surface area contributed by atoms with Crippen molar-refractivity contribution in [3.63, 3.8) is 0 Å². The van der Waals surface area contributed by atoms with Gasteiger partial charge in [0.1, 0.15) is 0 Å². The van der Waals surface area contributed by atoms with Crippen LogP contribution in [0.2, 0.25) is 0 Å². The van der Waals surface area contributed by atoms with Crippen LogP contribution in [0.25, 0.3) is 0 Å². The molecule has 0 unspecified atom stereocenters. The first-order valence-corrected chi connectivity index (χ1v) is 5.84. The average molecular weight is 289 g/mol. The standard InChI is InChI=1S/C13H14F3NO3/c1-3-9(12(19)20-2)6-7-17-8-10(13(14,15)16)4-5-11(17)18/h4-6,8H,3,7H2,1-2H3. The molecule has 20 heavy (non-hydrogen) atoms. The number of ether oxygens (including phenoxy) is 1. The number of methoxy groups -OCH3 is 1. The second-order valence-corrected chi connectivity index (χ2v) is 3.98. The van der Waals surface area contributed by atoms with Crippen LogP contribution < -0.4 is 5.56 Å². The minimum atomic E-state index is -4.52. The Kier molecular flexibility index (Phi) is 5.12. The van der Waals surface area contributed by atoms with Crippen molar-refractivity contribution in [3.05, 3.63) is 45.9 Å². The molecule has 110 valence electrons. The van der Waals surface area contributed by atoms with Gasteiger partial charge in [0, 0.05) is 24.4 Å². The molecule has 0 aliphatic heterocycles. The number of alkyl halides is 3. The Morgan fingerprint density at radius 1 is 1.40 bits per heavy atom. The van der Waals surface area contributed by atoms with Crippen molar-refractivity contribution < 1.29 is 22.7 Å². The second kappa shape index (κ2) is 6.40. The van der Waals surface area contributed by atoms with E-state index < -0.39 is 23.3 Å². The van der Waals surface area contributed by atoms with E-state index in [9.17, 15) is 22.8 Å². The third kappa shape index (κ3) is 3.97. The fourth-order valence-corrected chi connectivity index (χ4v) is 1.55. The average Bonchev–Trinajstić information content (AvgIpc) is 2.39. The van der Waals surface area contributed by atoms with Gasteiger partial charge in [-0.3, -0.25) is 4.79 Å². The van der Waals surface area contributed by atoms with E-state index in [2.05, 4.69) is 4.74 Å². The number of pyridine rings is 1. The zero-order valence-electron chi connectivity index (χ0n) is 11.0. The third-order valence-electron chi connectivity index (χ3n) is 2.67. The van der Waals surface area contributed by atoms with Crippen molar-refractivity contribution in [1.29, 1.82) is 0 Å². The highest BCUT2D eigenvalue weighted by Gasteiger charge is 2.30. The van der Waals surface area contributed by atoms with Crippen molar-refractivity contribution in [2.24, 2.45) is 0 Å². The smallest absolute Gasteiger partial charge is 0.417 e. The Morgan fingerprint density at radius 3 is 2.55 bits per heavy atom. The summed E-state index contributed by atoms with van der Waals surface area (Å²) in [5.41, 5.74) is -1.19. The molecule has 1 aromatic rings. The van der Waals surface area contributed by atoms with E-state index in [1.165, 1.54) is 13.2 Å². The van der Waals surface area contributed by atoms with Gasteiger partial charge in [-0.05, 0) is 12.5 Å². The SMILES string of the molecule is CCC(=CCn1cc(C(F)(F)F)ccc1=O)C(=O)OC. The maximum atomic E-state index is 12.5. The molecule has 0 aromatic carbocycles. The van der Waals surface area contributed by atoms with Crippen LogP contribution >= 0.6 is 0 Å². The molecule has 1 aromatic heterocycles. The molecule has 0 aliphatic rings. The molecule has 0 N–H and O–H groups in total. The van der Waals surface area contributed by atoms with Crippen LogP contribution in [-0.2, 0) is 22.3 Å². The summed E-state index contributed by atoms with van der Waals surface area (Å²) in [6, 6.07) is 1.57. The predicted octanol–water partition coefficient (Wildman–Crippen LogP) is 2.38. The molecule has 0 spiro atoms. The molecule has 0 atom stereocenters. The lowest BCUT2D eigenvalue weighted by atomic mass is 10.2. The quantitative estimate of drug-likeness (QED) is 0.631. The number of carbonyl (C=O) groups excluding carboxylic acids is 1. The molecule has 0 amide bonds. The molecular weight excluding hydrogens is 275 g/mol. The highest BCUT2D eigenvalue weighted by Crippen LogP contribution is 2.28. The Bertz CT molecular complexity index is 573. The lowest BCUT2D eigenvalue weighted by Crippen LogP contribution is -2.21. The van der Waals surface area contributed by atoms with Crippen molar-refractivity contribution in [2.75, 3.05) is 7.11 Å². The van der Waals surface area contributed by atoms with Crippen LogP contribution in [0.4, 0.5) is 13.2 Å². The molecule has 0 saturated carbocycles. The number of aromatic nitrogens is 1. The van der Waals surface area contributed by atoms with Crippen molar-refractivity contribution >= 4 is 5.97 Å². The summed E-state index contributed by atoms with van der Waals surface area (Å²) in [6.45, 7) is 1.58. The van der Waals surface area contributed by atoms with Gasteiger partial charge in [0.05, 0.1) is 12.7 Å². The Labute approximate surface area is 113 Å². The summed E-state index contributed by atoms with van der Waals surface area (Å²) in [5.74, 6) is -0.562. The van der Waals surface area contributed by atoms with E-state index in [0.717, 1.165) is 22.9 Å². The Hall–Kier alpha value is -2.05. The van der Waals surface area contributed by atoms with Crippen LogP contribution in [0.1, 0.15) is 18.9 Å². The summed E-state index contributed by atoms with van der Waals surface area (Å²) < 4.78 is 43.0. The molecule has 7 heteroatoms. The van der Waals surface area contributed by atoms with E-state index in [4.69, 9.17) is 0 Å². The number of hydrogen-bond donors (Lipinski definition) is 0. The lowest BCUT2D eigenvalue weighted by Gasteiger charge is -2.09. The highest BCUT2D eigenvalue weighted by atomic mass is 19.4. The maximum Gasteiger partial charge on any atom is 0.417 e. The first kappa shape index (κ1) is 16.0. The maximum absolute atomic E-state index is 12.5. The molecule has 0 fully saturated rings. The molecular formula is C13H14F3NO3. The van der Waals surface area contributed by atoms with E-state index in [-0.39, 0.29) is 6.54 Å². The van der Waals surface area contributed by atoms with Gasteiger partial charge < -0.3 is 9.30 Å². The summed E-state index contributed by atoms with van der Waals surface area (Å²) >= 11 is 0. The zero-order valence-corrected chi connectivity index (χ0v) is 11.0. The number of rotatable bonds is 4. The van der Waals surface area contributed by atoms with Gasteiger partial charge in [-0.15, -0.1) is 0 Å². The van der Waals surface area contributed by atoms with E-state index in [1.54, 1.807) is 6.92 Å². The number of hydrogen-bond acceptors (Lipinski definition) is 3. The molecule has 0 radical (unpaired) electrons. The monoisotopic (exact) mass is 289 g/mol. The molecule has 0 saturated heterocycles. The molecule has 0 bridgehead atoms. The van der Waals surface area contributed by atoms with E-state index in [1.807, 2.05) is 0 Å². The molecule has 1 rings (SSSR count). The second-order valence-electron chi connectivity index (χ2n) is 3.98. The minimum absolute atomic E-state index is 0.124. The summed E-state index contributed by atoms with van der Waals surface area (Å²) in [4.78, 5) is 22.8. The van der Waals surface area contributed by atoms with Crippen molar-refractivity contribution in [3.8, 4) is 0 Å². The summed E-state index contributed by atoms with van der Waals surface area (Å²) in [6.07, 6.45) is -2.05. The topological polar surface area (TPSA) is 48.3 Å². The minimum Gasteiger partial charge on any atom is -0.466 e. The van der Waals surface area contributed by atoms with Gasteiger partial charge in [0.25, 0.3) is 5.56 Å². The van der Waals surface area contributed by atoms with E-state index in [0.29, 0.717) is 12.0 Å². The summed E-state index contributed by atoms with van der Waals surface area (Å²) in [7, 11) is 1.21. The number of halogens is 3. The van der Waals surface area contributed by atoms with E-state index >= 15 is 0 Å². The van der Waals surface area contributed by atoms with Gasteiger partial charge in [0.15, 0.2) is 0 Å². The summed E-state index contributed by atoms with van der Waals surface area (Å²) in [5, 5.41) is 0. The first-order chi connectivity index (χ1) is 9.29. The van der Waals surface area contributed by atoms with Crippen LogP contribution in [0.5, 0.6) is 0 Å². The third-order valence-corrected chi connectivity index (χ3v) is 2.67. The van der Waals surface area contributed by atoms with Crippen LogP contribution in [-0.4, -0.2) is 17.6 Å².